The van der Waals surface area contributed by atoms with E-state index in [4.69, 9.17) is 9.84 Å². The van der Waals surface area contributed by atoms with E-state index in [0.29, 0.717) is 18.8 Å². The summed E-state index contributed by atoms with van der Waals surface area (Å²) in [4.78, 5) is 24.8. The molecule has 0 aliphatic carbocycles. The SMILES string of the molecule is COc1ccc(C(=O)N2CCC(C)(C(=O)O)C2)nn1. The van der Waals surface area contributed by atoms with Crippen LogP contribution >= 0.6 is 0 Å². The summed E-state index contributed by atoms with van der Waals surface area (Å²) in [6.45, 7) is 2.24. The number of carboxylic acids is 1. The van der Waals surface area contributed by atoms with Crippen LogP contribution in [0.2, 0.25) is 0 Å². The third-order valence-corrected chi connectivity index (χ3v) is 3.35. The maximum absolute atomic E-state index is 12.1. The van der Waals surface area contributed by atoms with Crippen LogP contribution in [-0.2, 0) is 4.79 Å². The molecule has 7 nitrogen and oxygen atoms in total. The summed E-state index contributed by atoms with van der Waals surface area (Å²) < 4.78 is 4.86. The van der Waals surface area contributed by atoms with Gasteiger partial charge in [0.1, 0.15) is 0 Å². The van der Waals surface area contributed by atoms with E-state index in [-0.39, 0.29) is 18.1 Å². The van der Waals surface area contributed by atoms with E-state index >= 15 is 0 Å². The molecule has 1 aliphatic rings. The molecule has 0 saturated carbocycles. The monoisotopic (exact) mass is 265 g/mol. The van der Waals surface area contributed by atoms with Gasteiger partial charge in [-0.25, -0.2) is 0 Å². The molecule has 0 spiro atoms. The van der Waals surface area contributed by atoms with Gasteiger partial charge in [0.2, 0.25) is 5.88 Å². The standard InChI is InChI=1S/C12H15N3O4/c1-12(11(17)18)5-6-15(7-12)10(16)8-3-4-9(19-2)14-13-8/h3-4H,5-7H2,1-2H3,(H,17,18). The van der Waals surface area contributed by atoms with Gasteiger partial charge in [-0.1, -0.05) is 0 Å². The average molecular weight is 265 g/mol. The van der Waals surface area contributed by atoms with Gasteiger partial charge in [0.05, 0.1) is 12.5 Å². The third-order valence-electron chi connectivity index (χ3n) is 3.35. The molecule has 2 rings (SSSR count). The summed E-state index contributed by atoms with van der Waals surface area (Å²) in [5, 5.41) is 16.6. The lowest BCUT2D eigenvalue weighted by atomic mass is 9.90. The predicted molar refractivity (Wildman–Crippen MR) is 64.8 cm³/mol. The highest BCUT2D eigenvalue weighted by molar-refractivity contribution is 5.93. The first-order valence-electron chi connectivity index (χ1n) is 5.87. The Kier molecular flexibility index (Phi) is 3.37. The van der Waals surface area contributed by atoms with Gasteiger partial charge in [0.15, 0.2) is 5.69 Å². The molecule has 1 unspecified atom stereocenters. The van der Waals surface area contributed by atoms with Crippen molar-refractivity contribution in [3.63, 3.8) is 0 Å². The lowest BCUT2D eigenvalue weighted by molar-refractivity contribution is -0.147. The van der Waals surface area contributed by atoms with Crippen LogP contribution in [0.25, 0.3) is 0 Å². The molecular weight excluding hydrogens is 250 g/mol. The number of aromatic nitrogens is 2. The van der Waals surface area contributed by atoms with E-state index in [9.17, 15) is 9.59 Å². The number of carbonyl (C=O) groups is 2. The summed E-state index contributed by atoms with van der Waals surface area (Å²) in [5.74, 6) is -0.864. The highest BCUT2D eigenvalue weighted by Crippen LogP contribution is 2.30. The number of carboxylic acid groups (broad SMARTS) is 1. The molecule has 0 aromatic carbocycles. The maximum Gasteiger partial charge on any atom is 0.311 e. The van der Waals surface area contributed by atoms with Gasteiger partial charge in [-0.05, 0) is 19.4 Å². The minimum atomic E-state index is -0.886. The number of carbonyl (C=O) groups excluding carboxylic acids is 1. The van der Waals surface area contributed by atoms with Gasteiger partial charge in [0.25, 0.3) is 5.91 Å². The Labute approximate surface area is 110 Å². The second-order valence-electron chi connectivity index (χ2n) is 4.80. The lowest BCUT2D eigenvalue weighted by Gasteiger charge is -2.19. The lowest BCUT2D eigenvalue weighted by Crippen LogP contribution is -2.35. The normalized spacial score (nSPS) is 22.3. The molecule has 1 aromatic rings. The Morgan fingerprint density at radius 1 is 1.42 bits per heavy atom. The zero-order valence-electron chi connectivity index (χ0n) is 10.8. The Bertz CT molecular complexity index is 502. The fourth-order valence-corrected chi connectivity index (χ4v) is 2.01. The first-order chi connectivity index (χ1) is 8.96. The van der Waals surface area contributed by atoms with Crippen molar-refractivity contribution in [3.8, 4) is 5.88 Å². The molecule has 19 heavy (non-hydrogen) atoms. The van der Waals surface area contributed by atoms with Crippen molar-refractivity contribution in [3.05, 3.63) is 17.8 Å². The molecule has 0 radical (unpaired) electrons. The van der Waals surface area contributed by atoms with Gasteiger partial charge in [-0.2, -0.15) is 0 Å². The number of methoxy groups -OCH3 is 1. The van der Waals surface area contributed by atoms with Crippen molar-refractivity contribution in [1.82, 2.24) is 15.1 Å². The third kappa shape index (κ3) is 2.49. The van der Waals surface area contributed by atoms with Crippen LogP contribution in [0.4, 0.5) is 0 Å². The van der Waals surface area contributed by atoms with Crippen LogP contribution < -0.4 is 4.74 Å². The number of aliphatic carboxylic acids is 1. The molecule has 0 bridgehead atoms. The zero-order valence-corrected chi connectivity index (χ0v) is 10.8. The Balaban J connectivity index is 2.11. The molecule has 1 aliphatic heterocycles. The molecule has 7 heteroatoms. The van der Waals surface area contributed by atoms with Crippen molar-refractivity contribution < 1.29 is 19.4 Å². The molecule has 1 saturated heterocycles. The van der Waals surface area contributed by atoms with Gasteiger partial charge < -0.3 is 14.7 Å². The van der Waals surface area contributed by atoms with Crippen LogP contribution in [0.1, 0.15) is 23.8 Å². The smallest absolute Gasteiger partial charge is 0.311 e. The number of hydrogen-bond acceptors (Lipinski definition) is 5. The van der Waals surface area contributed by atoms with E-state index in [0.717, 1.165) is 0 Å². The van der Waals surface area contributed by atoms with E-state index < -0.39 is 11.4 Å². The van der Waals surface area contributed by atoms with Crippen molar-refractivity contribution in [2.24, 2.45) is 5.41 Å². The maximum atomic E-state index is 12.1. The van der Waals surface area contributed by atoms with Crippen molar-refractivity contribution in [2.45, 2.75) is 13.3 Å². The van der Waals surface area contributed by atoms with Crippen LogP contribution in [0.5, 0.6) is 5.88 Å². The van der Waals surface area contributed by atoms with Gasteiger partial charge in [0, 0.05) is 19.2 Å². The van der Waals surface area contributed by atoms with Gasteiger partial charge in [-0.3, -0.25) is 9.59 Å². The van der Waals surface area contributed by atoms with Gasteiger partial charge >= 0.3 is 5.97 Å². The second kappa shape index (κ2) is 4.83. The topological polar surface area (TPSA) is 92.6 Å². The van der Waals surface area contributed by atoms with Crippen LogP contribution in [0.15, 0.2) is 12.1 Å². The van der Waals surface area contributed by atoms with Crippen LogP contribution in [0, 0.1) is 5.41 Å². The summed E-state index contributed by atoms with van der Waals surface area (Å²) in [7, 11) is 1.46. The molecule has 1 atom stereocenters. The Morgan fingerprint density at radius 3 is 2.63 bits per heavy atom. The number of rotatable bonds is 3. The fourth-order valence-electron chi connectivity index (χ4n) is 2.01. The Morgan fingerprint density at radius 2 is 2.16 bits per heavy atom. The second-order valence-corrected chi connectivity index (χ2v) is 4.80. The van der Waals surface area contributed by atoms with E-state index in [1.165, 1.54) is 18.1 Å². The molecule has 1 aromatic heterocycles. The number of amides is 1. The summed E-state index contributed by atoms with van der Waals surface area (Å²) in [6.07, 6.45) is 0.442. The highest BCUT2D eigenvalue weighted by Gasteiger charge is 2.42. The number of nitrogens with zero attached hydrogens (tertiary/aromatic N) is 3. The Hall–Kier alpha value is -2.18. The van der Waals surface area contributed by atoms with Gasteiger partial charge in [-0.15, -0.1) is 10.2 Å². The van der Waals surface area contributed by atoms with Crippen molar-refractivity contribution >= 4 is 11.9 Å². The molecule has 1 fully saturated rings. The van der Waals surface area contributed by atoms with Crippen LogP contribution in [0.3, 0.4) is 0 Å². The average Bonchev–Trinajstić information content (AvgIpc) is 2.82. The van der Waals surface area contributed by atoms with E-state index in [1.54, 1.807) is 13.0 Å². The predicted octanol–water partition coefficient (Wildman–Crippen LogP) is 0.422. The highest BCUT2D eigenvalue weighted by atomic mass is 16.5. The van der Waals surface area contributed by atoms with E-state index in [2.05, 4.69) is 10.2 Å². The summed E-state index contributed by atoms with van der Waals surface area (Å²) >= 11 is 0. The minimum absolute atomic E-state index is 0.189. The molecule has 1 amide bonds. The number of hydrogen-bond donors (Lipinski definition) is 1. The summed E-state index contributed by atoms with van der Waals surface area (Å²) in [6, 6.07) is 3.07. The minimum Gasteiger partial charge on any atom is -0.481 e. The molecular formula is C12H15N3O4. The van der Waals surface area contributed by atoms with Crippen molar-refractivity contribution in [2.75, 3.05) is 20.2 Å². The number of ether oxygens (including phenoxy) is 1. The molecule has 1 N–H and O–H groups in total. The molecule has 2 heterocycles. The quantitative estimate of drug-likeness (QED) is 0.851. The van der Waals surface area contributed by atoms with Crippen molar-refractivity contribution in [1.29, 1.82) is 0 Å². The molecule has 102 valence electrons. The largest absolute Gasteiger partial charge is 0.481 e. The zero-order chi connectivity index (χ0) is 14.0. The fraction of sp³-hybridized carbons (Fsp3) is 0.500. The van der Waals surface area contributed by atoms with Crippen LogP contribution in [-0.4, -0.2) is 52.3 Å². The first-order valence-corrected chi connectivity index (χ1v) is 5.87. The summed E-state index contributed by atoms with van der Waals surface area (Å²) in [5.41, 5.74) is -0.689. The first kappa shape index (κ1) is 13.3. The number of likely N-dealkylation sites (tertiary alicyclic amines) is 1. The van der Waals surface area contributed by atoms with E-state index in [1.807, 2.05) is 0 Å².